The summed E-state index contributed by atoms with van der Waals surface area (Å²) in [5, 5.41) is 64.3. The zero-order valence-electron chi connectivity index (χ0n) is 32.1. The van der Waals surface area contributed by atoms with Crippen molar-refractivity contribution in [3.8, 4) is 0 Å². The normalized spacial score (nSPS) is 23.1. The summed E-state index contributed by atoms with van der Waals surface area (Å²) in [6, 6.07) is -1.01. The summed E-state index contributed by atoms with van der Waals surface area (Å²) < 4.78 is 11.1. The fourth-order valence-electron chi connectivity index (χ4n) is 5.77. The van der Waals surface area contributed by atoms with Crippen LogP contribution in [0.5, 0.6) is 0 Å². The Balaban J connectivity index is 2.56. The van der Waals surface area contributed by atoms with Gasteiger partial charge in [-0.15, -0.1) is 0 Å². The molecule has 8 atom stereocenters. The Morgan fingerprint density at radius 1 is 0.673 bits per heavy atom. The predicted molar refractivity (Wildman–Crippen MR) is 208 cm³/mol. The zero-order chi connectivity index (χ0) is 38.2. The van der Waals surface area contributed by atoms with Crippen LogP contribution in [0.3, 0.4) is 0 Å². The molecule has 8 unspecified atom stereocenters. The lowest BCUT2D eigenvalue weighted by Gasteiger charge is -2.40. The van der Waals surface area contributed by atoms with Crippen LogP contribution < -0.4 is 5.32 Å². The van der Waals surface area contributed by atoms with Crippen molar-refractivity contribution in [3.63, 3.8) is 0 Å². The second-order valence-corrected chi connectivity index (χ2v) is 13.9. The van der Waals surface area contributed by atoms with Crippen molar-refractivity contribution in [2.24, 2.45) is 0 Å². The highest BCUT2D eigenvalue weighted by molar-refractivity contribution is 5.80. The van der Waals surface area contributed by atoms with E-state index >= 15 is 0 Å². The van der Waals surface area contributed by atoms with Crippen molar-refractivity contribution in [1.82, 2.24) is 5.32 Å². The molecule has 0 saturated carbocycles. The number of carbonyl (C=O) groups is 1. The molecular formula is C42H73NO9. The molecular weight excluding hydrogens is 662 g/mol. The highest BCUT2D eigenvalue weighted by Crippen LogP contribution is 2.22. The molecule has 10 heteroatoms. The molecule has 1 amide bonds. The number of hydrogen-bond donors (Lipinski definition) is 7. The third kappa shape index (κ3) is 22.8. The lowest BCUT2D eigenvalue weighted by atomic mass is 9.99. The second-order valence-electron chi connectivity index (χ2n) is 13.9. The standard InChI is InChI=1S/C42H73NO9/c1-3-5-7-9-11-13-15-17-19-21-23-25-27-29-31-36(46)41(50)43-34(33-51-42-40(49)39(48)38(47)37(32-44)52-42)35(45)30-28-26-24-22-20-18-16-14-12-10-8-6-4-2/h11-15,17,20,22,28,30,34-40,42,44-49H,3-10,16,18-19,21,23-27,29,31-33H2,1-2H3,(H,43,50)/b13-11-,14-12+,17-15-,22-20+,30-28+. The smallest absolute Gasteiger partial charge is 0.249 e. The molecule has 10 nitrogen and oxygen atoms in total. The first kappa shape index (κ1) is 47.9. The molecule has 0 bridgehead atoms. The number of hydrogen-bond acceptors (Lipinski definition) is 9. The molecule has 1 aliphatic heterocycles. The number of aliphatic hydroxyl groups excluding tert-OH is 6. The van der Waals surface area contributed by atoms with E-state index in [4.69, 9.17) is 9.47 Å². The lowest BCUT2D eigenvalue weighted by Crippen LogP contribution is -2.60. The van der Waals surface area contributed by atoms with E-state index in [1.165, 1.54) is 38.5 Å². The van der Waals surface area contributed by atoms with Gasteiger partial charge in [0.1, 0.15) is 30.5 Å². The van der Waals surface area contributed by atoms with Crippen molar-refractivity contribution < 1.29 is 44.9 Å². The molecule has 0 aromatic heterocycles. The molecule has 1 saturated heterocycles. The predicted octanol–water partition coefficient (Wildman–Crippen LogP) is 6.24. The Morgan fingerprint density at radius 2 is 1.19 bits per heavy atom. The van der Waals surface area contributed by atoms with E-state index in [0.717, 1.165) is 64.2 Å². The third-order valence-electron chi connectivity index (χ3n) is 9.18. The van der Waals surface area contributed by atoms with E-state index in [-0.39, 0.29) is 13.0 Å². The minimum atomic E-state index is -1.62. The van der Waals surface area contributed by atoms with Gasteiger partial charge in [-0.05, 0) is 70.6 Å². The number of rotatable bonds is 31. The summed E-state index contributed by atoms with van der Waals surface area (Å²) >= 11 is 0. The molecule has 0 spiro atoms. The van der Waals surface area contributed by atoms with Crippen LogP contribution in [-0.2, 0) is 14.3 Å². The number of aliphatic hydroxyl groups is 6. The van der Waals surface area contributed by atoms with Gasteiger partial charge >= 0.3 is 0 Å². The highest BCUT2D eigenvalue weighted by atomic mass is 16.7. The Hall–Kier alpha value is -2.15. The molecule has 52 heavy (non-hydrogen) atoms. The Labute approximate surface area is 314 Å². The molecule has 0 radical (unpaired) electrons. The highest BCUT2D eigenvalue weighted by Gasteiger charge is 2.44. The van der Waals surface area contributed by atoms with Crippen LogP contribution in [0.25, 0.3) is 0 Å². The van der Waals surface area contributed by atoms with Gasteiger partial charge in [0, 0.05) is 0 Å². The van der Waals surface area contributed by atoms with Crippen molar-refractivity contribution in [2.45, 2.75) is 185 Å². The molecule has 0 aromatic carbocycles. The summed E-state index contributed by atoms with van der Waals surface area (Å²) in [5.41, 5.74) is 0. The Morgan fingerprint density at radius 3 is 1.79 bits per heavy atom. The van der Waals surface area contributed by atoms with Crippen LogP contribution in [-0.4, -0.2) is 98.7 Å². The van der Waals surface area contributed by atoms with Gasteiger partial charge < -0.3 is 45.4 Å². The summed E-state index contributed by atoms with van der Waals surface area (Å²) in [4.78, 5) is 13.0. The summed E-state index contributed by atoms with van der Waals surface area (Å²) in [6.07, 6.45) is 30.2. The van der Waals surface area contributed by atoms with Crippen LogP contribution in [0, 0.1) is 0 Å². The zero-order valence-corrected chi connectivity index (χ0v) is 32.1. The van der Waals surface area contributed by atoms with Gasteiger partial charge in [0.2, 0.25) is 5.91 Å². The van der Waals surface area contributed by atoms with Gasteiger partial charge in [-0.25, -0.2) is 0 Å². The number of nitrogens with one attached hydrogen (secondary N) is 1. The van der Waals surface area contributed by atoms with Gasteiger partial charge in [0.05, 0.1) is 25.4 Å². The quantitative estimate of drug-likeness (QED) is 0.0248. The number of carbonyl (C=O) groups excluding carboxylic acids is 1. The fourth-order valence-corrected chi connectivity index (χ4v) is 5.77. The van der Waals surface area contributed by atoms with E-state index in [0.29, 0.717) is 12.8 Å². The molecule has 1 aliphatic rings. The monoisotopic (exact) mass is 736 g/mol. The molecule has 1 rings (SSSR count). The van der Waals surface area contributed by atoms with Gasteiger partial charge in [-0.2, -0.15) is 0 Å². The van der Waals surface area contributed by atoms with Gasteiger partial charge in [0.15, 0.2) is 6.29 Å². The first-order chi connectivity index (χ1) is 25.3. The summed E-state index contributed by atoms with van der Waals surface area (Å²) in [6.45, 7) is 3.47. The van der Waals surface area contributed by atoms with Crippen molar-refractivity contribution in [1.29, 1.82) is 0 Å². The van der Waals surface area contributed by atoms with E-state index in [1.807, 2.05) is 6.08 Å². The number of amides is 1. The van der Waals surface area contributed by atoms with Crippen LogP contribution in [0.1, 0.15) is 136 Å². The number of unbranched alkanes of at least 4 members (excludes halogenated alkanes) is 13. The minimum Gasteiger partial charge on any atom is -0.394 e. The maximum Gasteiger partial charge on any atom is 0.249 e. The molecule has 300 valence electrons. The first-order valence-corrected chi connectivity index (χ1v) is 20.1. The minimum absolute atomic E-state index is 0.280. The molecule has 0 aromatic rings. The second kappa shape index (κ2) is 32.3. The van der Waals surface area contributed by atoms with E-state index < -0.39 is 61.5 Å². The largest absolute Gasteiger partial charge is 0.394 e. The van der Waals surface area contributed by atoms with Gasteiger partial charge in [-0.1, -0.05) is 126 Å². The SMILES string of the molecule is CCCCC/C=C\C=C/CCCCCCCC(O)C(=O)NC(COC1OC(CO)C(O)C(O)C1O)C(O)/C=C/CC/C=C/CC/C=C/CCCCC. The fraction of sp³-hybridized carbons (Fsp3) is 0.738. The van der Waals surface area contributed by atoms with Crippen LogP contribution in [0.15, 0.2) is 60.8 Å². The van der Waals surface area contributed by atoms with Gasteiger partial charge in [0.25, 0.3) is 0 Å². The van der Waals surface area contributed by atoms with Gasteiger partial charge in [-0.3, -0.25) is 4.79 Å². The third-order valence-corrected chi connectivity index (χ3v) is 9.18. The Kier molecular flexibility index (Phi) is 29.7. The summed E-state index contributed by atoms with van der Waals surface area (Å²) in [5.74, 6) is -0.648. The number of ether oxygens (including phenoxy) is 2. The molecule has 0 aliphatic carbocycles. The topological polar surface area (TPSA) is 169 Å². The van der Waals surface area contributed by atoms with E-state index in [9.17, 15) is 35.4 Å². The van der Waals surface area contributed by atoms with Crippen LogP contribution in [0.4, 0.5) is 0 Å². The van der Waals surface area contributed by atoms with Crippen LogP contribution in [0.2, 0.25) is 0 Å². The lowest BCUT2D eigenvalue weighted by molar-refractivity contribution is -0.302. The van der Waals surface area contributed by atoms with Crippen LogP contribution >= 0.6 is 0 Å². The maximum atomic E-state index is 13.0. The van der Waals surface area contributed by atoms with Crippen molar-refractivity contribution in [3.05, 3.63) is 60.8 Å². The van der Waals surface area contributed by atoms with Crippen molar-refractivity contribution in [2.75, 3.05) is 13.2 Å². The molecule has 1 fully saturated rings. The molecule has 7 N–H and O–H groups in total. The van der Waals surface area contributed by atoms with E-state index in [2.05, 4.69) is 67.8 Å². The van der Waals surface area contributed by atoms with Crippen molar-refractivity contribution >= 4 is 5.91 Å². The average molecular weight is 736 g/mol. The summed E-state index contributed by atoms with van der Waals surface area (Å²) in [7, 11) is 0. The average Bonchev–Trinajstić information content (AvgIpc) is 3.14. The maximum absolute atomic E-state index is 13.0. The Bertz CT molecular complexity index is 1010. The first-order valence-electron chi connectivity index (χ1n) is 20.1. The number of allylic oxidation sites excluding steroid dienone is 9. The van der Waals surface area contributed by atoms with E-state index in [1.54, 1.807) is 6.08 Å². The molecule has 1 heterocycles.